The molecule has 6 heteroatoms. The summed E-state index contributed by atoms with van der Waals surface area (Å²) in [5.41, 5.74) is 5.42. The molecule has 1 rings (SSSR count). The summed E-state index contributed by atoms with van der Waals surface area (Å²) in [6.45, 7) is 9.84. The van der Waals surface area contributed by atoms with Gasteiger partial charge in [0.25, 0.3) is 5.56 Å². The Hall–Kier alpha value is -1.85. The monoisotopic (exact) mass is 279 g/mol. The highest BCUT2D eigenvalue weighted by Crippen LogP contribution is 2.08. The van der Waals surface area contributed by atoms with Crippen LogP contribution in [-0.4, -0.2) is 28.5 Å². The van der Waals surface area contributed by atoms with Crippen molar-refractivity contribution in [2.75, 3.05) is 18.0 Å². The normalized spacial score (nSPS) is 12.4. The van der Waals surface area contributed by atoms with Crippen LogP contribution in [0.1, 0.15) is 27.7 Å². The van der Waals surface area contributed by atoms with Gasteiger partial charge in [0, 0.05) is 37.9 Å². The summed E-state index contributed by atoms with van der Waals surface area (Å²) >= 11 is 0. The highest BCUT2D eigenvalue weighted by Gasteiger charge is 2.16. The minimum Gasteiger partial charge on any atom is -0.387 e. The molecule has 1 aromatic rings. The standard InChI is InChI=1S/C14H25N5O/c1-5-18(9-11(4)12(15)16)13-14(20)19(7-6-17-13)8-10(2)3/h6-7,10-11H,5,8-9H2,1-4H3,(H3,15,16). The first-order valence-electron chi connectivity index (χ1n) is 7.01. The summed E-state index contributed by atoms with van der Waals surface area (Å²) in [6, 6.07) is 0. The van der Waals surface area contributed by atoms with E-state index in [9.17, 15) is 4.79 Å². The van der Waals surface area contributed by atoms with Gasteiger partial charge in [-0.15, -0.1) is 0 Å². The van der Waals surface area contributed by atoms with E-state index in [-0.39, 0.29) is 17.3 Å². The molecule has 0 saturated carbocycles. The Morgan fingerprint density at radius 2 is 2.15 bits per heavy atom. The second-order valence-electron chi connectivity index (χ2n) is 5.50. The predicted molar refractivity (Wildman–Crippen MR) is 82.3 cm³/mol. The summed E-state index contributed by atoms with van der Waals surface area (Å²) in [5.74, 6) is 0.856. The van der Waals surface area contributed by atoms with Crippen LogP contribution in [0.2, 0.25) is 0 Å². The van der Waals surface area contributed by atoms with Crippen molar-refractivity contribution in [3.05, 3.63) is 22.7 Å². The molecule has 0 spiro atoms. The second-order valence-corrected chi connectivity index (χ2v) is 5.50. The molecular formula is C14H25N5O. The molecule has 0 bridgehead atoms. The maximum atomic E-state index is 12.4. The SMILES string of the molecule is CCN(CC(C)C(=N)N)c1nccn(CC(C)C)c1=O. The van der Waals surface area contributed by atoms with Crippen LogP contribution < -0.4 is 16.2 Å². The van der Waals surface area contributed by atoms with E-state index in [1.54, 1.807) is 17.0 Å². The number of aromatic nitrogens is 2. The number of nitrogens with two attached hydrogens (primary N) is 1. The van der Waals surface area contributed by atoms with E-state index in [1.807, 2.05) is 18.7 Å². The largest absolute Gasteiger partial charge is 0.387 e. The zero-order chi connectivity index (χ0) is 15.3. The molecule has 3 N–H and O–H groups in total. The van der Waals surface area contributed by atoms with Crippen LogP contribution in [0.15, 0.2) is 17.2 Å². The molecule has 0 radical (unpaired) electrons. The van der Waals surface area contributed by atoms with Gasteiger partial charge < -0.3 is 15.2 Å². The Bertz CT molecular complexity index is 509. The second kappa shape index (κ2) is 7.07. The molecule has 1 heterocycles. The van der Waals surface area contributed by atoms with Crippen LogP contribution in [-0.2, 0) is 6.54 Å². The number of hydrogen-bond donors (Lipinski definition) is 2. The lowest BCUT2D eigenvalue weighted by atomic mass is 10.1. The van der Waals surface area contributed by atoms with Crippen molar-refractivity contribution >= 4 is 11.7 Å². The first-order valence-corrected chi connectivity index (χ1v) is 7.01. The molecule has 0 aliphatic carbocycles. The fourth-order valence-electron chi connectivity index (χ4n) is 1.98. The summed E-state index contributed by atoms with van der Waals surface area (Å²) < 4.78 is 1.69. The predicted octanol–water partition coefficient (Wildman–Crippen LogP) is 1.30. The molecule has 0 saturated heterocycles. The Morgan fingerprint density at radius 3 is 2.65 bits per heavy atom. The van der Waals surface area contributed by atoms with Gasteiger partial charge in [0.1, 0.15) is 0 Å². The highest BCUT2D eigenvalue weighted by atomic mass is 16.1. The molecular weight excluding hydrogens is 254 g/mol. The van der Waals surface area contributed by atoms with Gasteiger partial charge >= 0.3 is 0 Å². The van der Waals surface area contributed by atoms with Gasteiger partial charge in [-0.3, -0.25) is 10.2 Å². The summed E-state index contributed by atoms with van der Waals surface area (Å²) in [5, 5.41) is 7.47. The maximum absolute atomic E-state index is 12.4. The third-order valence-corrected chi connectivity index (χ3v) is 3.16. The molecule has 1 aromatic heterocycles. The van der Waals surface area contributed by atoms with Crippen LogP contribution in [0.4, 0.5) is 5.82 Å². The average molecular weight is 279 g/mol. The molecule has 1 unspecified atom stereocenters. The molecule has 112 valence electrons. The molecule has 1 atom stereocenters. The molecule has 0 amide bonds. The topological polar surface area (TPSA) is 88.0 Å². The van der Waals surface area contributed by atoms with Crippen molar-refractivity contribution in [1.29, 1.82) is 5.41 Å². The van der Waals surface area contributed by atoms with Crippen LogP contribution >= 0.6 is 0 Å². The molecule has 20 heavy (non-hydrogen) atoms. The van der Waals surface area contributed by atoms with Gasteiger partial charge in [-0.25, -0.2) is 4.98 Å². The fraction of sp³-hybridized carbons (Fsp3) is 0.643. The zero-order valence-corrected chi connectivity index (χ0v) is 12.8. The number of nitrogens with zero attached hydrogens (tertiary/aromatic N) is 3. The summed E-state index contributed by atoms with van der Waals surface area (Å²) in [7, 11) is 0. The average Bonchev–Trinajstić information content (AvgIpc) is 2.38. The fourth-order valence-corrected chi connectivity index (χ4v) is 1.98. The minimum atomic E-state index is -0.102. The van der Waals surface area contributed by atoms with E-state index in [0.717, 1.165) is 0 Å². The van der Waals surface area contributed by atoms with Crippen LogP contribution in [0.5, 0.6) is 0 Å². The smallest absolute Gasteiger partial charge is 0.293 e. The molecule has 0 aromatic carbocycles. The minimum absolute atomic E-state index is 0.0844. The molecule has 0 aliphatic heterocycles. The van der Waals surface area contributed by atoms with Crippen molar-refractivity contribution in [1.82, 2.24) is 9.55 Å². The zero-order valence-electron chi connectivity index (χ0n) is 12.8. The third-order valence-electron chi connectivity index (χ3n) is 3.16. The van der Waals surface area contributed by atoms with Crippen molar-refractivity contribution in [3.8, 4) is 0 Å². The number of nitrogens with one attached hydrogen (secondary N) is 1. The van der Waals surface area contributed by atoms with Gasteiger partial charge in [-0.2, -0.15) is 0 Å². The summed E-state index contributed by atoms with van der Waals surface area (Å²) in [6.07, 6.45) is 3.37. The van der Waals surface area contributed by atoms with E-state index >= 15 is 0 Å². The van der Waals surface area contributed by atoms with E-state index in [4.69, 9.17) is 11.1 Å². The van der Waals surface area contributed by atoms with Gasteiger partial charge in [-0.05, 0) is 12.8 Å². The lowest BCUT2D eigenvalue weighted by Gasteiger charge is -2.25. The first kappa shape index (κ1) is 16.2. The Morgan fingerprint density at radius 1 is 1.50 bits per heavy atom. The Labute approximate surface area is 120 Å². The van der Waals surface area contributed by atoms with Crippen molar-refractivity contribution in [2.24, 2.45) is 17.6 Å². The molecule has 6 nitrogen and oxygen atoms in total. The maximum Gasteiger partial charge on any atom is 0.293 e. The van der Waals surface area contributed by atoms with E-state index < -0.39 is 0 Å². The quantitative estimate of drug-likeness (QED) is 0.581. The Kier molecular flexibility index (Phi) is 5.73. The van der Waals surface area contributed by atoms with E-state index in [0.29, 0.717) is 31.4 Å². The number of anilines is 1. The van der Waals surface area contributed by atoms with Crippen LogP contribution in [0, 0.1) is 17.2 Å². The highest BCUT2D eigenvalue weighted by molar-refractivity contribution is 5.79. The lowest BCUT2D eigenvalue weighted by Crippen LogP contribution is -2.39. The summed E-state index contributed by atoms with van der Waals surface area (Å²) in [4.78, 5) is 18.5. The van der Waals surface area contributed by atoms with Gasteiger partial charge in [0.05, 0.1) is 5.84 Å². The van der Waals surface area contributed by atoms with Crippen molar-refractivity contribution < 1.29 is 0 Å². The van der Waals surface area contributed by atoms with Crippen LogP contribution in [0.25, 0.3) is 0 Å². The van der Waals surface area contributed by atoms with Gasteiger partial charge in [0.15, 0.2) is 5.82 Å². The van der Waals surface area contributed by atoms with Crippen LogP contribution in [0.3, 0.4) is 0 Å². The number of amidine groups is 1. The third kappa shape index (κ3) is 4.08. The Balaban J connectivity index is 3.04. The van der Waals surface area contributed by atoms with Gasteiger partial charge in [0.2, 0.25) is 0 Å². The number of rotatable bonds is 7. The lowest BCUT2D eigenvalue weighted by molar-refractivity contribution is 0.507. The van der Waals surface area contributed by atoms with Crippen molar-refractivity contribution in [2.45, 2.75) is 34.2 Å². The molecule has 0 aliphatic rings. The molecule has 0 fully saturated rings. The number of hydrogen-bond acceptors (Lipinski definition) is 4. The first-order chi connectivity index (χ1) is 9.36. The van der Waals surface area contributed by atoms with Crippen molar-refractivity contribution in [3.63, 3.8) is 0 Å². The van der Waals surface area contributed by atoms with E-state index in [2.05, 4.69) is 18.8 Å². The van der Waals surface area contributed by atoms with Gasteiger partial charge in [-0.1, -0.05) is 20.8 Å². The van der Waals surface area contributed by atoms with E-state index in [1.165, 1.54) is 0 Å².